The lowest BCUT2D eigenvalue weighted by Gasteiger charge is -2.39. The number of rotatable bonds is 9. The summed E-state index contributed by atoms with van der Waals surface area (Å²) in [5.41, 5.74) is 25.5. The molecule has 0 N–H and O–H groups in total. The largest absolute Gasteiger partial charge is 0.457 e. The van der Waals surface area contributed by atoms with E-state index in [1.807, 2.05) is 60.8 Å². The van der Waals surface area contributed by atoms with Crippen molar-refractivity contribution in [2.24, 2.45) is 0 Å². The van der Waals surface area contributed by atoms with E-state index in [1.54, 1.807) is 0 Å². The van der Waals surface area contributed by atoms with Gasteiger partial charge in [0.05, 0.1) is 27.7 Å². The van der Waals surface area contributed by atoms with E-state index in [-0.39, 0.29) is 0 Å². The van der Waals surface area contributed by atoms with Crippen LogP contribution in [-0.4, -0.2) is 34.9 Å². The van der Waals surface area contributed by atoms with Crippen LogP contribution in [0.15, 0.2) is 364 Å². The molecule has 0 saturated heterocycles. The molecule has 18 aromatic rings. The summed E-state index contributed by atoms with van der Waals surface area (Å²) < 4.78 is 20.5. The zero-order valence-corrected chi connectivity index (χ0v) is 59.9. The first kappa shape index (κ1) is 63.1. The van der Waals surface area contributed by atoms with Crippen LogP contribution >= 0.6 is 0 Å². The van der Waals surface area contributed by atoms with Crippen molar-refractivity contribution in [3.8, 4) is 147 Å². The number of anilines is 3. The molecule has 0 saturated carbocycles. The molecule has 6 heterocycles. The molecule has 15 aromatic carbocycles. The van der Waals surface area contributed by atoms with Crippen LogP contribution in [0.1, 0.15) is 44.5 Å². The zero-order chi connectivity index (χ0) is 73.6. The summed E-state index contributed by atoms with van der Waals surface area (Å²) in [6, 6.07) is 125. The van der Waals surface area contributed by atoms with Gasteiger partial charge in [0.2, 0.25) is 0 Å². The molecule has 3 aromatic heterocycles. The lowest BCUT2D eigenvalue weighted by molar-refractivity contribution is 0.436. The fourth-order valence-electron chi connectivity index (χ4n) is 18.1. The SMILES string of the molecule is c1cc(-c2nc(-c3ccc(-c4ccc(-c5nc(-c6ccc(-c7cccc8cccnc78)cc6)nc(-c6ccc7c(c6)Oc6ccccc6C76c7ccccc7-c7ccccc76)n5)cc4)cc3)nc(-c3ccc4c(c3)Oc3ccccc3C43c4ccccc4-c4ccccc43)n2)cc(N2c3ccccc3Oc3ccccc32)c1. The van der Waals surface area contributed by atoms with E-state index >= 15 is 0 Å². The van der Waals surface area contributed by atoms with Crippen molar-refractivity contribution in [2.75, 3.05) is 4.90 Å². The van der Waals surface area contributed by atoms with Crippen molar-refractivity contribution < 1.29 is 14.2 Å². The number of nitrogens with zero attached hydrogens (tertiary/aromatic N) is 8. The molecule has 11 heteroatoms. The van der Waals surface area contributed by atoms with Crippen LogP contribution in [0.3, 0.4) is 0 Å². The molecule has 0 fully saturated rings. The molecular formula is C101H60N8O3. The van der Waals surface area contributed by atoms with Gasteiger partial charge >= 0.3 is 0 Å². The molecular weight excluding hydrogens is 1370 g/mol. The predicted molar refractivity (Wildman–Crippen MR) is 442 cm³/mol. The van der Waals surface area contributed by atoms with Gasteiger partial charge in [0.25, 0.3) is 0 Å². The van der Waals surface area contributed by atoms with Gasteiger partial charge in [-0.15, -0.1) is 0 Å². The summed E-state index contributed by atoms with van der Waals surface area (Å²) in [6.45, 7) is 0. The molecule has 0 atom stereocenters. The predicted octanol–water partition coefficient (Wildman–Crippen LogP) is 24.5. The highest BCUT2D eigenvalue weighted by atomic mass is 16.5. The second-order valence-electron chi connectivity index (χ2n) is 28.9. The van der Waals surface area contributed by atoms with Gasteiger partial charge in [0, 0.05) is 78.5 Å². The van der Waals surface area contributed by atoms with Gasteiger partial charge in [-0.1, -0.05) is 291 Å². The highest BCUT2D eigenvalue weighted by Gasteiger charge is 2.53. The van der Waals surface area contributed by atoms with Gasteiger partial charge in [-0.2, -0.15) is 0 Å². The number of aromatic nitrogens is 7. The van der Waals surface area contributed by atoms with Gasteiger partial charge in [-0.05, 0) is 128 Å². The van der Waals surface area contributed by atoms with Crippen LogP contribution in [0.25, 0.3) is 124 Å². The van der Waals surface area contributed by atoms with E-state index in [9.17, 15) is 0 Å². The maximum Gasteiger partial charge on any atom is 0.164 e. The van der Waals surface area contributed by atoms with Crippen LogP contribution in [0.5, 0.6) is 34.5 Å². The number of hydrogen-bond acceptors (Lipinski definition) is 11. The fourth-order valence-corrected chi connectivity index (χ4v) is 18.1. The minimum Gasteiger partial charge on any atom is -0.457 e. The van der Waals surface area contributed by atoms with E-state index in [4.69, 9.17) is 49.1 Å². The van der Waals surface area contributed by atoms with Gasteiger partial charge in [-0.25, -0.2) is 29.9 Å². The maximum absolute atomic E-state index is 7.04. The van der Waals surface area contributed by atoms with E-state index in [0.717, 1.165) is 140 Å². The molecule has 0 amide bonds. The first-order valence-electron chi connectivity index (χ1n) is 37.6. The first-order valence-corrected chi connectivity index (χ1v) is 37.6. The van der Waals surface area contributed by atoms with Crippen molar-refractivity contribution >= 4 is 28.0 Å². The van der Waals surface area contributed by atoms with Crippen LogP contribution in [0, 0.1) is 0 Å². The molecule has 0 radical (unpaired) electrons. The summed E-state index contributed by atoms with van der Waals surface area (Å²) in [7, 11) is 0. The lowest BCUT2D eigenvalue weighted by atomic mass is 9.66. The van der Waals surface area contributed by atoms with Gasteiger partial charge in [0.1, 0.15) is 23.0 Å². The molecule has 2 spiro atoms. The standard InChI is InChI=1S/C101H60N8O3/c1-5-29-77-73(24-1)74-25-2-6-30-78(74)100(77)81-33-9-13-37-87(81)110-91-59-69(53-55-83(91)100)98-105-94(103-95(106-98)67-51-45-63(46-52-67)72-28-18-20-64-22-19-57-102-93(64)72)65-47-41-61(42-48-65)62-43-49-66(50-44-62)96-104-97(68-21-17-23-71(58-68)109-85-35-11-15-39-89(85)112-90-40-16-12-36-86(90)109)108-99(107-96)70-54-56-84-92(60-70)111-88-38-14-10-34-82(88)101(84)79-31-7-3-26-75(79)76-27-4-8-32-80(76)101/h1-60H. The summed E-state index contributed by atoms with van der Waals surface area (Å²) in [5, 5.41) is 1.08. The molecule has 2 aliphatic carbocycles. The van der Waals surface area contributed by atoms with Crippen molar-refractivity contribution in [3.05, 3.63) is 409 Å². The molecule has 5 aliphatic rings. The Morgan fingerprint density at radius 1 is 0.214 bits per heavy atom. The maximum atomic E-state index is 7.04. The highest BCUT2D eigenvalue weighted by molar-refractivity contribution is 5.95. The van der Waals surface area contributed by atoms with Gasteiger partial charge in [0.15, 0.2) is 46.4 Å². The van der Waals surface area contributed by atoms with Crippen molar-refractivity contribution in [1.82, 2.24) is 34.9 Å². The van der Waals surface area contributed by atoms with Crippen LogP contribution < -0.4 is 19.1 Å². The summed E-state index contributed by atoms with van der Waals surface area (Å²) in [4.78, 5) is 39.1. The smallest absolute Gasteiger partial charge is 0.164 e. The number of ether oxygens (including phenoxy) is 3. The Kier molecular flexibility index (Phi) is 13.9. The Hall–Kier alpha value is -15.1. The first-order chi connectivity index (χ1) is 55.5. The normalized spacial score (nSPS) is 13.5. The Balaban J connectivity index is 0.623. The van der Waals surface area contributed by atoms with Gasteiger partial charge < -0.3 is 19.1 Å². The average molecular weight is 1430 g/mol. The third kappa shape index (κ3) is 9.56. The fraction of sp³-hybridized carbons (Fsp3) is 0.0198. The number of para-hydroxylation sites is 7. The van der Waals surface area contributed by atoms with Crippen molar-refractivity contribution in [2.45, 2.75) is 10.8 Å². The molecule has 23 rings (SSSR count). The van der Waals surface area contributed by atoms with Gasteiger partial charge in [-0.3, -0.25) is 4.98 Å². The Bertz CT molecular complexity index is 6820. The molecule has 0 unspecified atom stereocenters. The summed E-state index contributed by atoms with van der Waals surface area (Å²) >= 11 is 0. The van der Waals surface area contributed by atoms with Crippen molar-refractivity contribution in [1.29, 1.82) is 0 Å². The number of benzene rings is 15. The van der Waals surface area contributed by atoms with Crippen LogP contribution in [-0.2, 0) is 10.8 Å². The second-order valence-corrected chi connectivity index (χ2v) is 28.9. The minimum absolute atomic E-state index is 0.499. The summed E-state index contributed by atoms with van der Waals surface area (Å²) in [6.07, 6.45) is 1.84. The molecule has 0 bridgehead atoms. The Morgan fingerprint density at radius 3 is 0.991 bits per heavy atom. The number of hydrogen-bond donors (Lipinski definition) is 0. The highest BCUT2D eigenvalue weighted by Crippen LogP contribution is 2.65. The van der Waals surface area contributed by atoms with E-state index in [0.29, 0.717) is 34.9 Å². The topological polar surface area (TPSA) is 121 Å². The van der Waals surface area contributed by atoms with Crippen LogP contribution in [0.4, 0.5) is 17.1 Å². The van der Waals surface area contributed by atoms with E-state index < -0.39 is 10.8 Å². The zero-order valence-electron chi connectivity index (χ0n) is 59.9. The Labute approximate surface area is 644 Å². The number of pyridine rings is 1. The van der Waals surface area contributed by atoms with Crippen LogP contribution in [0.2, 0.25) is 0 Å². The molecule has 3 aliphatic heterocycles. The Morgan fingerprint density at radius 2 is 0.536 bits per heavy atom. The number of fused-ring (bicyclic) bond motifs is 21. The third-order valence-corrected chi connectivity index (χ3v) is 23.0. The van der Waals surface area contributed by atoms with E-state index in [2.05, 4.69) is 308 Å². The van der Waals surface area contributed by atoms with E-state index in [1.165, 1.54) is 44.5 Å². The minimum atomic E-state index is -0.632. The second kappa shape index (κ2) is 24.7. The summed E-state index contributed by atoms with van der Waals surface area (Å²) in [5.74, 6) is 7.71. The lowest BCUT2D eigenvalue weighted by Crippen LogP contribution is -2.32. The molecule has 11 nitrogen and oxygen atoms in total. The molecule has 112 heavy (non-hydrogen) atoms. The third-order valence-electron chi connectivity index (χ3n) is 23.0. The molecule has 522 valence electrons. The average Bonchev–Trinajstić information content (AvgIpc) is 1.52. The van der Waals surface area contributed by atoms with Crippen molar-refractivity contribution in [3.63, 3.8) is 0 Å². The quantitative estimate of drug-likeness (QED) is 0.137. The monoisotopic (exact) mass is 1430 g/mol.